The molecule has 0 unspecified atom stereocenters. The van der Waals surface area contributed by atoms with Gasteiger partial charge < -0.3 is 19.9 Å². The number of nitrogens with zero attached hydrogens (tertiary/aromatic N) is 3. The number of rotatable bonds is 6. The van der Waals surface area contributed by atoms with E-state index in [-0.39, 0.29) is 23.3 Å². The Hall–Kier alpha value is -3.30. The van der Waals surface area contributed by atoms with Crippen LogP contribution < -0.4 is 15.8 Å². The van der Waals surface area contributed by atoms with Gasteiger partial charge in [0.15, 0.2) is 0 Å². The maximum atomic E-state index is 14.9. The number of fused-ring (bicyclic) bond motifs is 1. The predicted octanol–water partition coefficient (Wildman–Crippen LogP) is 2.47. The van der Waals surface area contributed by atoms with Crippen molar-refractivity contribution in [2.45, 2.75) is 32.4 Å². The first-order valence-electron chi connectivity index (χ1n) is 12.2. The zero-order chi connectivity index (χ0) is 24.4. The van der Waals surface area contributed by atoms with Gasteiger partial charge in [0.25, 0.3) is 11.5 Å². The van der Waals surface area contributed by atoms with E-state index in [4.69, 9.17) is 4.74 Å². The molecule has 0 spiro atoms. The Balaban J connectivity index is 1.19. The van der Waals surface area contributed by atoms with E-state index >= 15 is 0 Å². The van der Waals surface area contributed by atoms with E-state index < -0.39 is 0 Å². The third-order valence-corrected chi connectivity index (χ3v) is 6.80. The molecule has 1 atom stereocenters. The predicted molar refractivity (Wildman–Crippen MR) is 132 cm³/mol. The first kappa shape index (κ1) is 23.4. The molecule has 1 aromatic carbocycles. The molecule has 8 nitrogen and oxygen atoms in total. The zero-order valence-corrected chi connectivity index (χ0v) is 19.8. The number of pyridine rings is 2. The van der Waals surface area contributed by atoms with Crippen LogP contribution in [0.5, 0.6) is 0 Å². The molecule has 3 aromatic rings. The highest BCUT2D eigenvalue weighted by Gasteiger charge is 2.22. The smallest absolute Gasteiger partial charge is 0.251 e. The lowest BCUT2D eigenvalue weighted by atomic mass is 10.1. The van der Waals surface area contributed by atoms with Gasteiger partial charge in [0.2, 0.25) is 0 Å². The van der Waals surface area contributed by atoms with Crippen molar-refractivity contribution in [3.8, 4) is 0 Å². The Kier molecular flexibility index (Phi) is 6.79. The summed E-state index contributed by atoms with van der Waals surface area (Å²) in [7, 11) is 0. The Morgan fingerprint density at radius 1 is 1.23 bits per heavy atom. The molecular formula is C26H30FN5O3. The van der Waals surface area contributed by atoms with Gasteiger partial charge in [-0.3, -0.25) is 19.5 Å². The number of carbonyl (C=O) groups excluding carboxylic acids is 1. The summed E-state index contributed by atoms with van der Waals surface area (Å²) >= 11 is 0. The van der Waals surface area contributed by atoms with Crippen LogP contribution in [0.3, 0.4) is 0 Å². The summed E-state index contributed by atoms with van der Waals surface area (Å²) in [6.45, 7) is 6.71. The van der Waals surface area contributed by atoms with Crippen LogP contribution in [0.2, 0.25) is 0 Å². The highest BCUT2D eigenvalue weighted by Crippen LogP contribution is 2.23. The summed E-state index contributed by atoms with van der Waals surface area (Å²) in [5, 5.41) is 2.89. The maximum Gasteiger partial charge on any atom is 0.251 e. The molecule has 2 aromatic heterocycles. The van der Waals surface area contributed by atoms with E-state index in [0.717, 1.165) is 41.7 Å². The van der Waals surface area contributed by atoms with Crippen molar-refractivity contribution in [3.63, 3.8) is 0 Å². The summed E-state index contributed by atoms with van der Waals surface area (Å²) in [5.41, 5.74) is 4.07. The summed E-state index contributed by atoms with van der Waals surface area (Å²) < 4.78 is 20.2. The van der Waals surface area contributed by atoms with Crippen LogP contribution >= 0.6 is 0 Å². The van der Waals surface area contributed by atoms with Crippen molar-refractivity contribution in [2.24, 2.45) is 0 Å². The fraction of sp³-hybridized carbons (Fsp3) is 0.423. The maximum absolute atomic E-state index is 14.9. The van der Waals surface area contributed by atoms with Gasteiger partial charge >= 0.3 is 0 Å². The highest BCUT2D eigenvalue weighted by atomic mass is 19.1. The second-order valence-corrected chi connectivity index (χ2v) is 9.22. The van der Waals surface area contributed by atoms with Gasteiger partial charge in [0.1, 0.15) is 5.82 Å². The summed E-state index contributed by atoms with van der Waals surface area (Å²) in [6, 6.07) is 8.52. The molecule has 35 heavy (non-hydrogen) atoms. The topological polar surface area (TPSA) is 90.6 Å². The summed E-state index contributed by atoms with van der Waals surface area (Å²) in [5.74, 6) is -0.657. The number of anilines is 1. The van der Waals surface area contributed by atoms with E-state index in [1.165, 1.54) is 6.07 Å². The lowest BCUT2D eigenvalue weighted by Crippen LogP contribution is -2.46. The molecule has 0 aliphatic carbocycles. The minimum absolute atomic E-state index is 0.00909. The Bertz CT molecular complexity index is 1280. The van der Waals surface area contributed by atoms with Crippen LogP contribution in [0.1, 0.15) is 34.8 Å². The lowest BCUT2D eigenvalue weighted by Gasteiger charge is -2.36. The fourth-order valence-electron chi connectivity index (χ4n) is 4.74. The van der Waals surface area contributed by atoms with Crippen molar-refractivity contribution in [3.05, 3.63) is 69.4 Å². The number of hydrogen-bond acceptors (Lipinski definition) is 6. The van der Waals surface area contributed by atoms with E-state index in [2.05, 4.69) is 20.2 Å². The Morgan fingerprint density at radius 3 is 2.77 bits per heavy atom. The average Bonchev–Trinajstić information content (AvgIpc) is 3.37. The van der Waals surface area contributed by atoms with Crippen LogP contribution in [0, 0.1) is 5.82 Å². The number of benzene rings is 1. The SMILES string of the molecule is CCc1cc2ncc(CN3CCN(c4ccc(C(=O)N[C@H]5CCOC5)cc4F)CC3)cc2[nH]c1=O. The molecule has 1 amide bonds. The highest BCUT2D eigenvalue weighted by molar-refractivity contribution is 5.94. The van der Waals surface area contributed by atoms with E-state index in [1.807, 2.05) is 30.2 Å². The van der Waals surface area contributed by atoms with Gasteiger partial charge in [0.05, 0.1) is 29.4 Å². The molecule has 2 aliphatic rings. The number of carbonyl (C=O) groups is 1. The lowest BCUT2D eigenvalue weighted by molar-refractivity contribution is 0.0929. The normalized spacial score (nSPS) is 18.8. The number of hydrogen-bond donors (Lipinski definition) is 2. The van der Waals surface area contributed by atoms with Crippen LogP contribution in [0.25, 0.3) is 11.0 Å². The third-order valence-electron chi connectivity index (χ3n) is 6.80. The quantitative estimate of drug-likeness (QED) is 0.565. The number of nitrogens with one attached hydrogen (secondary N) is 2. The van der Waals surface area contributed by atoms with E-state index in [0.29, 0.717) is 50.5 Å². The summed E-state index contributed by atoms with van der Waals surface area (Å²) in [6.07, 6.45) is 3.31. The van der Waals surface area contributed by atoms with Crippen LogP contribution in [-0.4, -0.2) is 66.2 Å². The molecule has 2 saturated heterocycles. The monoisotopic (exact) mass is 479 g/mol. The number of aromatic amines is 1. The first-order valence-corrected chi connectivity index (χ1v) is 12.2. The standard InChI is InChI=1S/C26H30FN5O3/c1-2-18-13-22-23(30-25(18)33)11-17(14-28-22)15-31-6-8-32(9-7-31)24-4-3-19(12-21(24)27)26(34)29-20-5-10-35-16-20/h3-4,11-14,20H,2,5-10,15-16H2,1H3,(H,29,34)(H,30,33)/t20-/m0/s1. The Morgan fingerprint density at radius 2 is 2.06 bits per heavy atom. The number of H-pyrrole nitrogens is 1. The minimum Gasteiger partial charge on any atom is -0.379 e. The molecule has 2 N–H and O–H groups in total. The van der Waals surface area contributed by atoms with Gasteiger partial charge in [-0.25, -0.2) is 4.39 Å². The van der Waals surface area contributed by atoms with Crippen molar-refractivity contribution in [1.29, 1.82) is 0 Å². The molecule has 0 radical (unpaired) electrons. The number of ether oxygens (including phenoxy) is 1. The molecular weight excluding hydrogens is 449 g/mol. The molecule has 9 heteroatoms. The van der Waals surface area contributed by atoms with Crippen LogP contribution in [0.15, 0.2) is 41.3 Å². The number of piperazine rings is 1. The summed E-state index contributed by atoms with van der Waals surface area (Å²) in [4.78, 5) is 36.3. The van der Waals surface area contributed by atoms with Crippen molar-refractivity contribution >= 4 is 22.6 Å². The van der Waals surface area contributed by atoms with Gasteiger partial charge in [-0.1, -0.05) is 6.92 Å². The molecule has 0 saturated carbocycles. The first-order chi connectivity index (χ1) is 17.0. The van der Waals surface area contributed by atoms with Crippen LogP contribution in [-0.2, 0) is 17.7 Å². The largest absolute Gasteiger partial charge is 0.379 e. The molecule has 4 heterocycles. The second kappa shape index (κ2) is 10.1. The van der Waals surface area contributed by atoms with Gasteiger partial charge in [0, 0.05) is 56.7 Å². The second-order valence-electron chi connectivity index (χ2n) is 9.22. The molecule has 5 rings (SSSR count). The molecule has 184 valence electrons. The number of halogens is 1. The molecule has 2 fully saturated rings. The van der Waals surface area contributed by atoms with Crippen molar-refractivity contribution in [2.75, 3.05) is 44.3 Å². The fourth-order valence-corrected chi connectivity index (χ4v) is 4.74. The zero-order valence-electron chi connectivity index (χ0n) is 19.8. The number of amides is 1. The van der Waals surface area contributed by atoms with Crippen LogP contribution in [0.4, 0.5) is 10.1 Å². The van der Waals surface area contributed by atoms with Crippen molar-refractivity contribution < 1.29 is 13.9 Å². The Labute approximate surface area is 203 Å². The van der Waals surface area contributed by atoms with E-state index in [9.17, 15) is 14.0 Å². The molecule has 0 bridgehead atoms. The number of aromatic nitrogens is 2. The number of aryl methyl sites for hydroxylation is 1. The van der Waals surface area contributed by atoms with Crippen molar-refractivity contribution in [1.82, 2.24) is 20.2 Å². The van der Waals surface area contributed by atoms with Gasteiger partial charge in [-0.15, -0.1) is 0 Å². The third kappa shape index (κ3) is 5.21. The van der Waals surface area contributed by atoms with Gasteiger partial charge in [-0.2, -0.15) is 0 Å². The minimum atomic E-state index is -0.386. The van der Waals surface area contributed by atoms with Gasteiger partial charge in [-0.05, 0) is 48.7 Å². The van der Waals surface area contributed by atoms with E-state index in [1.54, 1.807) is 12.1 Å². The average molecular weight is 480 g/mol. The molecule has 2 aliphatic heterocycles.